The van der Waals surface area contributed by atoms with Crippen molar-refractivity contribution in [1.29, 1.82) is 0 Å². The maximum absolute atomic E-state index is 12.0. The van der Waals surface area contributed by atoms with Gasteiger partial charge in [0.2, 0.25) is 5.78 Å². The molecule has 0 bridgehead atoms. The molecule has 0 fully saturated rings. The van der Waals surface area contributed by atoms with Gasteiger partial charge in [0, 0.05) is 11.8 Å². The molecule has 2 rings (SSSR count). The minimum Gasteiger partial charge on any atom is -0.287 e. The summed E-state index contributed by atoms with van der Waals surface area (Å²) in [5.41, 5.74) is 1.93. The fourth-order valence-electron chi connectivity index (χ4n) is 1.39. The van der Waals surface area contributed by atoms with E-state index in [4.69, 9.17) is 11.6 Å². The number of ketones is 1. The molecule has 0 spiro atoms. The van der Waals surface area contributed by atoms with Crippen LogP contribution in [0.5, 0.6) is 0 Å². The van der Waals surface area contributed by atoms with E-state index in [0.29, 0.717) is 16.3 Å². The summed E-state index contributed by atoms with van der Waals surface area (Å²) >= 11 is 5.95. The Morgan fingerprint density at radius 1 is 1.19 bits per heavy atom. The van der Waals surface area contributed by atoms with Gasteiger partial charge in [-0.3, -0.25) is 9.78 Å². The Labute approximate surface area is 98.9 Å². The van der Waals surface area contributed by atoms with Crippen LogP contribution in [0.1, 0.15) is 21.6 Å². The second-order valence-corrected chi connectivity index (χ2v) is 3.94. The number of hydrogen-bond acceptors (Lipinski definition) is 2. The molecule has 2 aromatic rings. The van der Waals surface area contributed by atoms with Gasteiger partial charge in [-0.15, -0.1) is 0 Å². The third kappa shape index (κ3) is 2.12. The number of halogens is 1. The lowest BCUT2D eigenvalue weighted by atomic mass is 10.1. The predicted molar refractivity (Wildman–Crippen MR) is 63.9 cm³/mol. The van der Waals surface area contributed by atoms with E-state index in [-0.39, 0.29) is 5.78 Å². The standard InChI is InChI=1S/C13H10ClNO/c1-9-6-7-12(15-8-9)13(16)10-4-2-3-5-11(10)14/h2-8H,1H3. The maximum Gasteiger partial charge on any atom is 0.212 e. The molecule has 1 heterocycles. The number of aromatic nitrogens is 1. The van der Waals surface area contributed by atoms with Gasteiger partial charge < -0.3 is 0 Å². The van der Waals surface area contributed by atoms with Crippen molar-refractivity contribution in [2.45, 2.75) is 6.92 Å². The fourth-order valence-corrected chi connectivity index (χ4v) is 1.61. The van der Waals surface area contributed by atoms with Crippen molar-refractivity contribution in [1.82, 2.24) is 4.98 Å². The molecule has 0 unspecified atom stereocenters. The quantitative estimate of drug-likeness (QED) is 0.743. The normalized spacial score (nSPS) is 10.1. The Bertz CT molecular complexity index is 520. The van der Waals surface area contributed by atoms with E-state index in [9.17, 15) is 4.79 Å². The van der Waals surface area contributed by atoms with Crippen LogP contribution in [0.4, 0.5) is 0 Å². The molecule has 0 amide bonds. The first kappa shape index (κ1) is 10.8. The first-order valence-corrected chi connectivity index (χ1v) is 5.28. The Hall–Kier alpha value is -1.67. The van der Waals surface area contributed by atoms with E-state index in [1.165, 1.54) is 0 Å². The van der Waals surface area contributed by atoms with Crippen molar-refractivity contribution < 1.29 is 4.79 Å². The predicted octanol–water partition coefficient (Wildman–Crippen LogP) is 3.27. The van der Waals surface area contributed by atoms with Gasteiger partial charge in [0.15, 0.2) is 0 Å². The molecule has 80 valence electrons. The van der Waals surface area contributed by atoms with Crippen molar-refractivity contribution >= 4 is 17.4 Å². The summed E-state index contributed by atoms with van der Waals surface area (Å²) in [6.07, 6.45) is 1.67. The van der Waals surface area contributed by atoms with Crippen molar-refractivity contribution in [2.24, 2.45) is 0 Å². The molecule has 0 aliphatic carbocycles. The lowest BCUT2D eigenvalue weighted by Crippen LogP contribution is -2.04. The summed E-state index contributed by atoms with van der Waals surface area (Å²) in [5.74, 6) is -0.148. The van der Waals surface area contributed by atoms with Crippen LogP contribution in [-0.2, 0) is 0 Å². The second kappa shape index (κ2) is 4.45. The zero-order valence-electron chi connectivity index (χ0n) is 8.77. The maximum atomic E-state index is 12.0. The first-order chi connectivity index (χ1) is 7.68. The van der Waals surface area contributed by atoms with Crippen LogP contribution in [0.2, 0.25) is 5.02 Å². The van der Waals surface area contributed by atoms with Crippen LogP contribution in [0.15, 0.2) is 42.6 Å². The average molecular weight is 232 g/mol. The van der Waals surface area contributed by atoms with Gasteiger partial charge in [0.05, 0.1) is 5.02 Å². The zero-order valence-corrected chi connectivity index (χ0v) is 9.53. The van der Waals surface area contributed by atoms with Crippen LogP contribution >= 0.6 is 11.6 Å². The molecule has 0 saturated carbocycles. The largest absolute Gasteiger partial charge is 0.287 e. The smallest absolute Gasteiger partial charge is 0.212 e. The number of aryl methyl sites for hydroxylation is 1. The van der Waals surface area contributed by atoms with E-state index >= 15 is 0 Å². The van der Waals surface area contributed by atoms with Crippen molar-refractivity contribution in [2.75, 3.05) is 0 Å². The van der Waals surface area contributed by atoms with Gasteiger partial charge in [-0.1, -0.05) is 29.8 Å². The monoisotopic (exact) mass is 231 g/mol. The SMILES string of the molecule is Cc1ccc(C(=O)c2ccccc2Cl)nc1. The summed E-state index contributed by atoms with van der Waals surface area (Å²) in [6.45, 7) is 1.93. The molecule has 2 nitrogen and oxygen atoms in total. The number of pyridine rings is 1. The highest BCUT2D eigenvalue weighted by molar-refractivity contribution is 6.34. The lowest BCUT2D eigenvalue weighted by molar-refractivity contribution is 0.103. The number of rotatable bonds is 2. The highest BCUT2D eigenvalue weighted by Gasteiger charge is 2.12. The average Bonchev–Trinajstić information content (AvgIpc) is 2.30. The molecular formula is C13H10ClNO. The molecular weight excluding hydrogens is 222 g/mol. The van der Waals surface area contributed by atoms with Crippen LogP contribution in [0.3, 0.4) is 0 Å². The molecule has 3 heteroatoms. The van der Waals surface area contributed by atoms with Gasteiger partial charge in [0.25, 0.3) is 0 Å². The van der Waals surface area contributed by atoms with Crippen LogP contribution < -0.4 is 0 Å². The number of benzene rings is 1. The molecule has 0 aliphatic heterocycles. The molecule has 16 heavy (non-hydrogen) atoms. The molecule has 1 aromatic carbocycles. The Morgan fingerprint density at radius 2 is 1.94 bits per heavy atom. The van der Waals surface area contributed by atoms with Gasteiger partial charge in [0.1, 0.15) is 5.69 Å². The number of carbonyl (C=O) groups is 1. The zero-order chi connectivity index (χ0) is 11.5. The number of carbonyl (C=O) groups excluding carboxylic acids is 1. The highest BCUT2D eigenvalue weighted by atomic mass is 35.5. The summed E-state index contributed by atoms with van der Waals surface area (Å²) in [7, 11) is 0. The Morgan fingerprint density at radius 3 is 2.56 bits per heavy atom. The third-order valence-corrected chi connectivity index (χ3v) is 2.59. The number of hydrogen-bond donors (Lipinski definition) is 0. The van der Waals surface area contributed by atoms with E-state index < -0.39 is 0 Å². The van der Waals surface area contributed by atoms with Gasteiger partial charge in [-0.2, -0.15) is 0 Å². The van der Waals surface area contributed by atoms with Crippen molar-refractivity contribution in [3.63, 3.8) is 0 Å². The fraction of sp³-hybridized carbons (Fsp3) is 0.0769. The number of nitrogens with zero attached hydrogens (tertiary/aromatic N) is 1. The minimum absolute atomic E-state index is 0.148. The van der Waals surface area contributed by atoms with Gasteiger partial charge in [-0.05, 0) is 30.7 Å². The third-order valence-electron chi connectivity index (χ3n) is 2.26. The van der Waals surface area contributed by atoms with Crippen molar-refractivity contribution in [3.8, 4) is 0 Å². The molecule has 1 aromatic heterocycles. The summed E-state index contributed by atoms with van der Waals surface area (Å²) in [5, 5.41) is 0.454. The van der Waals surface area contributed by atoms with E-state index in [0.717, 1.165) is 5.56 Å². The molecule has 0 radical (unpaired) electrons. The molecule has 0 aliphatic rings. The summed E-state index contributed by atoms with van der Waals surface area (Å²) < 4.78 is 0. The second-order valence-electron chi connectivity index (χ2n) is 3.53. The summed E-state index contributed by atoms with van der Waals surface area (Å²) in [4.78, 5) is 16.1. The Balaban J connectivity index is 2.40. The van der Waals surface area contributed by atoms with Gasteiger partial charge >= 0.3 is 0 Å². The molecule has 0 saturated heterocycles. The summed E-state index contributed by atoms with van der Waals surface area (Å²) in [6, 6.07) is 10.5. The van der Waals surface area contributed by atoms with Crippen LogP contribution in [0, 0.1) is 6.92 Å². The van der Waals surface area contributed by atoms with E-state index in [2.05, 4.69) is 4.98 Å². The van der Waals surface area contributed by atoms with E-state index in [1.54, 1.807) is 36.5 Å². The van der Waals surface area contributed by atoms with Crippen molar-refractivity contribution in [3.05, 3.63) is 64.4 Å². The topological polar surface area (TPSA) is 30.0 Å². The van der Waals surface area contributed by atoms with Gasteiger partial charge in [-0.25, -0.2) is 0 Å². The molecule has 0 N–H and O–H groups in total. The van der Waals surface area contributed by atoms with Crippen LogP contribution in [0.25, 0.3) is 0 Å². The minimum atomic E-state index is -0.148. The first-order valence-electron chi connectivity index (χ1n) is 4.90. The molecule has 0 atom stereocenters. The van der Waals surface area contributed by atoms with Crippen LogP contribution in [-0.4, -0.2) is 10.8 Å². The Kier molecular flexibility index (Phi) is 3.02. The highest BCUT2D eigenvalue weighted by Crippen LogP contribution is 2.18. The van der Waals surface area contributed by atoms with E-state index in [1.807, 2.05) is 13.0 Å². The lowest BCUT2D eigenvalue weighted by Gasteiger charge is -2.02.